The molecule has 2 aliphatic rings. The number of hydrazone groups is 1. The van der Waals surface area contributed by atoms with E-state index in [-0.39, 0.29) is 12.2 Å². The number of hydrogen-bond acceptors (Lipinski definition) is 6. The summed E-state index contributed by atoms with van der Waals surface area (Å²) in [5.41, 5.74) is 4.79. The fourth-order valence-corrected chi connectivity index (χ4v) is 2.90. The summed E-state index contributed by atoms with van der Waals surface area (Å²) in [7, 11) is 0. The van der Waals surface area contributed by atoms with E-state index in [1.165, 1.54) is 0 Å². The van der Waals surface area contributed by atoms with Gasteiger partial charge in [-0.25, -0.2) is 0 Å². The zero-order chi connectivity index (χ0) is 13.2. The Bertz CT molecular complexity index is 556. The summed E-state index contributed by atoms with van der Waals surface area (Å²) in [4.78, 5) is 17.6. The van der Waals surface area contributed by atoms with E-state index < -0.39 is 0 Å². The molecule has 0 saturated heterocycles. The maximum atomic E-state index is 11.4. The smallest absolute Gasteiger partial charge is 0.248 e. The minimum atomic E-state index is -0.274. The standard InChI is InChI=1S/C12H13N5OS/c1-8-6-10(18)14-11-15-16-12(17(8)11)19-7-9-4-2-3-5-13-9/h2-6,11,15H,7H2,1H3,(H,14,18). The highest BCUT2D eigenvalue weighted by Crippen LogP contribution is 2.24. The summed E-state index contributed by atoms with van der Waals surface area (Å²) in [6, 6.07) is 5.84. The number of rotatable bonds is 2. The maximum Gasteiger partial charge on any atom is 0.248 e. The molecule has 0 spiro atoms. The molecule has 7 heteroatoms. The van der Waals surface area contributed by atoms with Gasteiger partial charge in [0.15, 0.2) is 11.5 Å². The Labute approximate surface area is 115 Å². The van der Waals surface area contributed by atoms with Gasteiger partial charge in [0.2, 0.25) is 5.91 Å². The number of amides is 1. The number of aromatic nitrogens is 1. The SMILES string of the molecule is CC1=CC(=O)NC2NN=C(SCc3ccccn3)N12. The lowest BCUT2D eigenvalue weighted by atomic mass is 10.3. The summed E-state index contributed by atoms with van der Waals surface area (Å²) in [6.45, 7) is 1.90. The van der Waals surface area contributed by atoms with Crippen LogP contribution in [0.1, 0.15) is 12.6 Å². The lowest BCUT2D eigenvalue weighted by Gasteiger charge is -2.30. The first-order valence-corrected chi connectivity index (χ1v) is 6.86. The van der Waals surface area contributed by atoms with Crippen molar-refractivity contribution in [1.29, 1.82) is 0 Å². The average Bonchev–Trinajstić information content (AvgIpc) is 2.81. The van der Waals surface area contributed by atoms with Crippen molar-refractivity contribution in [2.24, 2.45) is 5.10 Å². The van der Waals surface area contributed by atoms with Crippen molar-refractivity contribution in [2.45, 2.75) is 19.0 Å². The van der Waals surface area contributed by atoms with Crippen LogP contribution in [0.2, 0.25) is 0 Å². The fourth-order valence-electron chi connectivity index (χ4n) is 1.95. The third-order valence-corrected chi connectivity index (χ3v) is 3.81. The number of carbonyl (C=O) groups excluding carboxylic acids is 1. The van der Waals surface area contributed by atoms with Crippen LogP contribution in [0.25, 0.3) is 0 Å². The predicted octanol–water partition coefficient (Wildman–Crippen LogP) is 0.808. The number of carbonyl (C=O) groups is 1. The summed E-state index contributed by atoms with van der Waals surface area (Å²) < 4.78 is 0. The summed E-state index contributed by atoms with van der Waals surface area (Å²) in [6.07, 6.45) is 3.07. The Hall–Kier alpha value is -2.02. The van der Waals surface area contributed by atoms with Crippen LogP contribution in [0.4, 0.5) is 0 Å². The zero-order valence-corrected chi connectivity index (χ0v) is 11.1. The minimum absolute atomic E-state index is 0.0996. The van der Waals surface area contributed by atoms with Crippen LogP contribution >= 0.6 is 11.8 Å². The molecule has 1 aromatic heterocycles. The van der Waals surface area contributed by atoms with Gasteiger partial charge in [-0.2, -0.15) is 5.10 Å². The molecule has 0 aromatic carbocycles. The highest BCUT2D eigenvalue weighted by molar-refractivity contribution is 8.13. The van der Waals surface area contributed by atoms with E-state index in [0.717, 1.165) is 22.3 Å². The minimum Gasteiger partial charge on any atom is -0.314 e. The molecule has 0 radical (unpaired) electrons. The molecule has 0 bridgehead atoms. The Kier molecular flexibility index (Phi) is 3.12. The van der Waals surface area contributed by atoms with Crippen LogP contribution < -0.4 is 10.7 Å². The Morgan fingerprint density at radius 2 is 2.37 bits per heavy atom. The van der Waals surface area contributed by atoms with Crippen molar-refractivity contribution in [3.63, 3.8) is 0 Å². The molecule has 1 amide bonds. The van der Waals surface area contributed by atoms with Crippen molar-refractivity contribution in [1.82, 2.24) is 20.6 Å². The van der Waals surface area contributed by atoms with Gasteiger partial charge >= 0.3 is 0 Å². The molecule has 0 fully saturated rings. The van der Waals surface area contributed by atoms with Crippen molar-refractivity contribution >= 4 is 22.8 Å². The molecular weight excluding hydrogens is 262 g/mol. The number of nitrogens with zero attached hydrogens (tertiary/aromatic N) is 3. The molecular formula is C12H13N5OS. The van der Waals surface area contributed by atoms with E-state index in [1.807, 2.05) is 30.0 Å². The van der Waals surface area contributed by atoms with E-state index in [4.69, 9.17) is 0 Å². The maximum absolute atomic E-state index is 11.4. The Morgan fingerprint density at radius 1 is 1.47 bits per heavy atom. The van der Waals surface area contributed by atoms with E-state index >= 15 is 0 Å². The fraction of sp³-hybridized carbons (Fsp3) is 0.250. The topological polar surface area (TPSA) is 69.6 Å². The van der Waals surface area contributed by atoms with Gasteiger partial charge in [0.25, 0.3) is 0 Å². The second kappa shape index (κ2) is 4.93. The third kappa shape index (κ3) is 2.41. The molecule has 0 saturated carbocycles. The molecule has 1 aromatic rings. The molecule has 0 aliphatic carbocycles. The van der Waals surface area contributed by atoms with Crippen molar-refractivity contribution in [2.75, 3.05) is 0 Å². The molecule has 1 unspecified atom stereocenters. The lowest BCUT2D eigenvalue weighted by Crippen LogP contribution is -2.53. The first kappa shape index (κ1) is 12.0. The number of pyridine rings is 1. The van der Waals surface area contributed by atoms with Crippen molar-refractivity contribution in [3.05, 3.63) is 41.9 Å². The average molecular weight is 275 g/mol. The highest BCUT2D eigenvalue weighted by Gasteiger charge is 2.33. The van der Waals surface area contributed by atoms with E-state index in [1.54, 1.807) is 24.0 Å². The molecule has 19 heavy (non-hydrogen) atoms. The lowest BCUT2D eigenvalue weighted by molar-refractivity contribution is -0.118. The van der Waals surface area contributed by atoms with Gasteiger partial charge in [0, 0.05) is 23.7 Å². The summed E-state index contributed by atoms with van der Waals surface area (Å²) in [5.74, 6) is 0.642. The van der Waals surface area contributed by atoms with Gasteiger partial charge in [0.05, 0.1) is 5.69 Å². The van der Waals surface area contributed by atoms with Crippen LogP contribution in [-0.4, -0.2) is 27.2 Å². The molecule has 6 nitrogen and oxygen atoms in total. The molecule has 3 heterocycles. The number of fused-ring (bicyclic) bond motifs is 1. The molecule has 2 aliphatic heterocycles. The zero-order valence-electron chi connectivity index (χ0n) is 10.3. The largest absolute Gasteiger partial charge is 0.314 e. The highest BCUT2D eigenvalue weighted by atomic mass is 32.2. The number of hydrogen-bond donors (Lipinski definition) is 2. The van der Waals surface area contributed by atoms with Crippen LogP contribution in [0, 0.1) is 0 Å². The Balaban J connectivity index is 1.69. The van der Waals surface area contributed by atoms with Crippen molar-refractivity contribution < 1.29 is 4.79 Å². The summed E-state index contributed by atoms with van der Waals surface area (Å²) in [5, 5.41) is 7.88. The second-order valence-corrected chi connectivity index (χ2v) is 5.14. The number of nitrogens with one attached hydrogen (secondary N) is 2. The monoisotopic (exact) mass is 275 g/mol. The molecule has 3 rings (SSSR count). The third-order valence-electron chi connectivity index (χ3n) is 2.82. The number of allylic oxidation sites excluding steroid dienone is 1. The van der Waals surface area contributed by atoms with Gasteiger partial charge in [-0.05, 0) is 19.1 Å². The van der Waals surface area contributed by atoms with Crippen LogP contribution in [-0.2, 0) is 10.5 Å². The number of thioether (sulfide) groups is 1. The number of amidine groups is 1. The first-order chi connectivity index (χ1) is 9.24. The van der Waals surface area contributed by atoms with Gasteiger partial charge in [-0.3, -0.25) is 20.1 Å². The first-order valence-electron chi connectivity index (χ1n) is 5.88. The van der Waals surface area contributed by atoms with E-state index in [0.29, 0.717) is 0 Å². The van der Waals surface area contributed by atoms with Gasteiger partial charge in [0.1, 0.15) is 0 Å². The van der Waals surface area contributed by atoms with Crippen molar-refractivity contribution in [3.8, 4) is 0 Å². The summed E-state index contributed by atoms with van der Waals surface area (Å²) >= 11 is 1.59. The van der Waals surface area contributed by atoms with E-state index in [9.17, 15) is 4.79 Å². The van der Waals surface area contributed by atoms with Crippen LogP contribution in [0.15, 0.2) is 41.3 Å². The van der Waals surface area contributed by atoms with Gasteiger partial charge in [-0.15, -0.1) is 0 Å². The second-order valence-electron chi connectivity index (χ2n) is 4.20. The van der Waals surface area contributed by atoms with Crippen LogP contribution in [0.3, 0.4) is 0 Å². The quantitative estimate of drug-likeness (QED) is 0.836. The predicted molar refractivity (Wildman–Crippen MR) is 73.6 cm³/mol. The van der Waals surface area contributed by atoms with E-state index in [2.05, 4.69) is 20.8 Å². The van der Waals surface area contributed by atoms with Crippen LogP contribution in [0.5, 0.6) is 0 Å². The molecule has 98 valence electrons. The van der Waals surface area contributed by atoms with Gasteiger partial charge in [-0.1, -0.05) is 17.8 Å². The molecule has 1 atom stereocenters. The van der Waals surface area contributed by atoms with Gasteiger partial charge < -0.3 is 5.32 Å². The molecule has 2 N–H and O–H groups in total. The normalized spacial score (nSPS) is 21.2. The Morgan fingerprint density at radius 3 is 3.16 bits per heavy atom.